The lowest BCUT2D eigenvalue weighted by Crippen LogP contribution is -2.30. The summed E-state index contributed by atoms with van der Waals surface area (Å²) in [6.45, 7) is 7.02. The molecule has 0 aliphatic heterocycles. The van der Waals surface area contributed by atoms with Crippen molar-refractivity contribution in [1.29, 1.82) is 0 Å². The molecule has 0 aliphatic carbocycles. The van der Waals surface area contributed by atoms with Crippen LogP contribution in [0.4, 0.5) is 0 Å². The van der Waals surface area contributed by atoms with Gasteiger partial charge in [0.05, 0.1) is 17.6 Å². The van der Waals surface area contributed by atoms with Gasteiger partial charge in [0.25, 0.3) is 0 Å². The van der Waals surface area contributed by atoms with Crippen LogP contribution in [0.15, 0.2) is 23.4 Å². The lowest BCUT2D eigenvalue weighted by atomic mass is 10.0. The number of nitrogens with one attached hydrogen (secondary N) is 1. The minimum absolute atomic E-state index is 0.206. The molecule has 3 N–H and O–H groups in total. The van der Waals surface area contributed by atoms with E-state index in [4.69, 9.17) is 10.5 Å². The molecule has 0 spiro atoms. The zero-order chi connectivity index (χ0) is 14.5. The van der Waals surface area contributed by atoms with Crippen molar-refractivity contribution in [2.24, 2.45) is 11.7 Å². The maximum absolute atomic E-state index is 6.15. The highest BCUT2D eigenvalue weighted by Gasteiger charge is 2.12. The highest BCUT2D eigenvalue weighted by molar-refractivity contribution is 7.99. The molecule has 20 heavy (non-hydrogen) atoms. The Labute approximate surface area is 124 Å². The van der Waals surface area contributed by atoms with Crippen LogP contribution in [0.3, 0.4) is 0 Å². The Morgan fingerprint density at radius 2 is 2.20 bits per heavy atom. The van der Waals surface area contributed by atoms with Crippen LogP contribution in [-0.2, 0) is 0 Å². The quantitative estimate of drug-likeness (QED) is 0.768. The lowest BCUT2D eigenvalue weighted by Gasteiger charge is -2.16. The first kappa shape index (κ1) is 15.2. The normalized spacial score (nSPS) is 14.4. The molecule has 0 saturated carbocycles. The van der Waals surface area contributed by atoms with Gasteiger partial charge in [-0.25, -0.2) is 4.98 Å². The third kappa shape index (κ3) is 3.67. The van der Waals surface area contributed by atoms with E-state index in [1.54, 1.807) is 11.8 Å². The zero-order valence-corrected chi connectivity index (χ0v) is 13.2. The van der Waals surface area contributed by atoms with Crippen LogP contribution in [0.25, 0.3) is 11.0 Å². The maximum Gasteiger partial charge on any atom is 0.166 e. The average molecular weight is 293 g/mol. The number of aromatic nitrogens is 2. The fourth-order valence-corrected chi connectivity index (χ4v) is 2.96. The first-order chi connectivity index (χ1) is 9.63. The Morgan fingerprint density at radius 3 is 2.90 bits per heavy atom. The van der Waals surface area contributed by atoms with Crippen LogP contribution in [0.1, 0.15) is 27.2 Å². The molecule has 2 atom stereocenters. The molecule has 4 nitrogen and oxygen atoms in total. The second-order valence-corrected chi connectivity index (χ2v) is 6.02. The van der Waals surface area contributed by atoms with Crippen LogP contribution in [0.2, 0.25) is 0 Å². The molecule has 0 saturated heterocycles. The topological polar surface area (TPSA) is 63.9 Å². The van der Waals surface area contributed by atoms with E-state index in [1.165, 1.54) is 0 Å². The molecule has 1 aromatic carbocycles. The highest BCUT2D eigenvalue weighted by Crippen LogP contribution is 2.24. The van der Waals surface area contributed by atoms with Gasteiger partial charge >= 0.3 is 0 Å². The third-order valence-corrected chi connectivity index (χ3v) is 4.55. The van der Waals surface area contributed by atoms with Gasteiger partial charge in [-0.2, -0.15) is 0 Å². The van der Waals surface area contributed by atoms with E-state index >= 15 is 0 Å². The van der Waals surface area contributed by atoms with Crippen molar-refractivity contribution in [3.8, 4) is 5.75 Å². The Morgan fingerprint density at radius 1 is 1.40 bits per heavy atom. The number of aromatic amines is 1. The summed E-state index contributed by atoms with van der Waals surface area (Å²) in [6.07, 6.45) is 1.11. The summed E-state index contributed by atoms with van der Waals surface area (Å²) in [5.74, 6) is 2.29. The van der Waals surface area contributed by atoms with Crippen molar-refractivity contribution in [3.05, 3.63) is 18.2 Å². The minimum Gasteiger partial charge on any atom is -0.494 e. The number of rotatable bonds is 7. The molecular weight excluding hydrogens is 270 g/mol. The van der Waals surface area contributed by atoms with Gasteiger partial charge in [0.1, 0.15) is 5.75 Å². The standard InChI is InChI=1S/C15H23N3OS/c1-4-10(3)12(16)9-20-15-17-13-7-6-11(19-5-2)8-14(13)18-15/h6-8,10,12H,4-5,9,16H2,1-3H3,(H,17,18). The molecule has 1 aromatic heterocycles. The maximum atomic E-state index is 6.15. The van der Waals surface area contributed by atoms with Crippen LogP contribution in [0.5, 0.6) is 5.75 Å². The molecule has 0 bridgehead atoms. The largest absolute Gasteiger partial charge is 0.494 e. The molecule has 1 heterocycles. The van der Waals surface area contributed by atoms with E-state index in [1.807, 2.05) is 25.1 Å². The number of nitrogens with two attached hydrogens (primary N) is 1. The summed E-state index contributed by atoms with van der Waals surface area (Å²) in [5.41, 5.74) is 8.13. The van der Waals surface area contributed by atoms with E-state index in [9.17, 15) is 0 Å². The molecular formula is C15H23N3OS. The molecule has 0 aliphatic rings. The van der Waals surface area contributed by atoms with Crippen molar-refractivity contribution in [3.63, 3.8) is 0 Å². The number of benzene rings is 1. The van der Waals surface area contributed by atoms with Gasteiger partial charge in [0, 0.05) is 17.9 Å². The number of thioether (sulfide) groups is 1. The Bertz CT molecular complexity index is 555. The van der Waals surface area contributed by atoms with E-state index < -0.39 is 0 Å². The molecule has 2 unspecified atom stereocenters. The van der Waals surface area contributed by atoms with Crippen molar-refractivity contribution in [2.45, 2.75) is 38.4 Å². The fourth-order valence-electron chi connectivity index (χ4n) is 1.93. The number of imidazole rings is 1. The number of hydrogen-bond donors (Lipinski definition) is 2. The molecule has 0 amide bonds. The summed E-state index contributed by atoms with van der Waals surface area (Å²) in [5, 5.41) is 0.924. The van der Waals surface area contributed by atoms with E-state index in [-0.39, 0.29) is 6.04 Å². The lowest BCUT2D eigenvalue weighted by molar-refractivity contribution is 0.340. The fraction of sp³-hybridized carbons (Fsp3) is 0.533. The van der Waals surface area contributed by atoms with Crippen molar-refractivity contribution in [2.75, 3.05) is 12.4 Å². The van der Waals surface area contributed by atoms with E-state index in [2.05, 4.69) is 23.8 Å². The second-order valence-electron chi connectivity index (χ2n) is 5.01. The van der Waals surface area contributed by atoms with E-state index in [0.717, 1.165) is 34.1 Å². The number of H-pyrrole nitrogens is 1. The summed E-state index contributed by atoms with van der Waals surface area (Å²) in [4.78, 5) is 7.89. The summed E-state index contributed by atoms with van der Waals surface area (Å²) >= 11 is 1.68. The summed E-state index contributed by atoms with van der Waals surface area (Å²) in [7, 11) is 0. The van der Waals surface area contributed by atoms with Gasteiger partial charge in [-0.3, -0.25) is 0 Å². The van der Waals surface area contributed by atoms with Gasteiger partial charge in [-0.1, -0.05) is 32.0 Å². The minimum atomic E-state index is 0.206. The van der Waals surface area contributed by atoms with Crippen LogP contribution >= 0.6 is 11.8 Å². The van der Waals surface area contributed by atoms with Gasteiger partial charge in [0.15, 0.2) is 5.16 Å². The Kier molecular flexibility index (Phi) is 5.31. The molecule has 0 fully saturated rings. The monoisotopic (exact) mass is 293 g/mol. The van der Waals surface area contributed by atoms with Gasteiger partial charge in [0.2, 0.25) is 0 Å². The smallest absolute Gasteiger partial charge is 0.166 e. The van der Waals surface area contributed by atoms with E-state index in [0.29, 0.717) is 12.5 Å². The van der Waals surface area contributed by atoms with Crippen LogP contribution < -0.4 is 10.5 Å². The second kappa shape index (κ2) is 6.99. The van der Waals surface area contributed by atoms with Crippen molar-refractivity contribution in [1.82, 2.24) is 9.97 Å². The SMILES string of the molecule is CCOc1ccc2nc(SCC(N)C(C)CC)[nH]c2c1. The summed E-state index contributed by atoms with van der Waals surface area (Å²) < 4.78 is 5.49. The molecule has 2 aromatic rings. The summed E-state index contributed by atoms with van der Waals surface area (Å²) in [6, 6.07) is 6.13. The highest BCUT2D eigenvalue weighted by atomic mass is 32.2. The Balaban J connectivity index is 2.04. The molecule has 5 heteroatoms. The van der Waals surface area contributed by atoms with Crippen LogP contribution in [0, 0.1) is 5.92 Å². The third-order valence-electron chi connectivity index (χ3n) is 3.53. The van der Waals surface area contributed by atoms with Gasteiger partial charge in [-0.15, -0.1) is 0 Å². The average Bonchev–Trinajstić information content (AvgIpc) is 2.86. The number of fused-ring (bicyclic) bond motifs is 1. The predicted octanol–water partition coefficient (Wildman–Crippen LogP) is 3.43. The predicted molar refractivity (Wildman–Crippen MR) is 85.4 cm³/mol. The first-order valence-corrected chi connectivity index (χ1v) is 8.13. The molecule has 2 rings (SSSR count). The first-order valence-electron chi connectivity index (χ1n) is 7.15. The number of nitrogens with zero attached hydrogens (tertiary/aromatic N) is 1. The molecule has 110 valence electrons. The van der Waals surface area contributed by atoms with Crippen LogP contribution in [-0.4, -0.2) is 28.4 Å². The van der Waals surface area contributed by atoms with Gasteiger partial charge < -0.3 is 15.5 Å². The van der Waals surface area contributed by atoms with Crippen molar-refractivity contribution < 1.29 is 4.74 Å². The Hall–Kier alpha value is -1.20. The molecule has 0 radical (unpaired) electrons. The zero-order valence-electron chi connectivity index (χ0n) is 12.3. The number of hydrogen-bond acceptors (Lipinski definition) is 4. The van der Waals surface area contributed by atoms with Crippen molar-refractivity contribution >= 4 is 22.8 Å². The van der Waals surface area contributed by atoms with Gasteiger partial charge in [-0.05, 0) is 25.0 Å². The number of ether oxygens (including phenoxy) is 1.